The second kappa shape index (κ2) is 7.07. The van der Waals surface area contributed by atoms with Crippen LogP contribution >= 0.6 is 11.3 Å². The van der Waals surface area contributed by atoms with E-state index < -0.39 is 0 Å². The molecule has 0 spiro atoms. The molecule has 1 N–H and O–H groups in total. The number of para-hydroxylation sites is 2. The number of piperidine rings is 1. The SMILES string of the molecule is Cc1csc(=O)n1CCC(=O)N1CCC[C@H](c2nc3ccccc3[nH]2)C1. The van der Waals surface area contributed by atoms with Gasteiger partial charge in [0.25, 0.3) is 0 Å². The molecule has 0 unspecified atom stereocenters. The predicted octanol–water partition coefficient (Wildman–Crippen LogP) is 2.89. The maximum atomic E-state index is 12.6. The fourth-order valence-corrected chi connectivity index (χ4v) is 4.39. The van der Waals surface area contributed by atoms with Crippen LogP contribution in [0.15, 0.2) is 34.4 Å². The number of fused-ring (bicyclic) bond motifs is 1. The number of imidazole rings is 1. The summed E-state index contributed by atoms with van der Waals surface area (Å²) in [6.07, 6.45) is 2.38. The molecule has 1 saturated heterocycles. The molecule has 4 rings (SSSR count). The van der Waals surface area contributed by atoms with E-state index in [9.17, 15) is 9.59 Å². The summed E-state index contributed by atoms with van der Waals surface area (Å²) in [4.78, 5) is 34.5. The second-order valence-electron chi connectivity index (χ2n) is 6.86. The largest absolute Gasteiger partial charge is 0.342 e. The van der Waals surface area contributed by atoms with E-state index in [0.29, 0.717) is 19.5 Å². The highest BCUT2D eigenvalue weighted by molar-refractivity contribution is 7.07. The highest BCUT2D eigenvalue weighted by atomic mass is 32.1. The van der Waals surface area contributed by atoms with Crippen molar-refractivity contribution in [2.75, 3.05) is 13.1 Å². The third-order valence-electron chi connectivity index (χ3n) is 5.09. The molecule has 3 heterocycles. The average molecular weight is 370 g/mol. The molecular weight excluding hydrogens is 348 g/mol. The molecule has 2 aromatic heterocycles. The molecular formula is C19H22N4O2S. The molecule has 6 nitrogen and oxygen atoms in total. The number of hydrogen-bond acceptors (Lipinski definition) is 4. The number of likely N-dealkylation sites (tertiary alicyclic amines) is 1. The van der Waals surface area contributed by atoms with Gasteiger partial charge < -0.3 is 14.5 Å². The van der Waals surface area contributed by atoms with Crippen LogP contribution in [-0.2, 0) is 11.3 Å². The Balaban J connectivity index is 1.42. The molecule has 3 aromatic rings. The van der Waals surface area contributed by atoms with E-state index in [1.165, 1.54) is 11.3 Å². The van der Waals surface area contributed by atoms with Gasteiger partial charge in [0.1, 0.15) is 5.82 Å². The normalized spacial score (nSPS) is 17.7. The molecule has 0 aliphatic carbocycles. The van der Waals surface area contributed by atoms with Gasteiger partial charge in [0.15, 0.2) is 0 Å². The third kappa shape index (κ3) is 3.31. The Kier molecular flexibility index (Phi) is 4.63. The minimum Gasteiger partial charge on any atom is -0.342 e. The molecule has 0 bridgehead atoms. The molecule has 136 valence electrons. The number of nitrogens with one attached hydrogen (secondary N) is 1. The number of rotatable bonds is 4. The van der Waals surface area contributed by atoms with Gasteiger partial charge in [-0.2, -0.15) is 0 Å². The van der Waals surface area contributed by atoms with Crippen LogP contribution in [0.1, 0.15) is 36.7 Å². The number of benzene rings is 1. The van der Waals surface area contributed by atoms with Crippen LogP contribution in [-0.4, -0.2) is 38.4 Å². The van der Waals surface area contributed by atoms with Crippen molar-refractivity contribution in [1.82, 2.24) is 19.4 Å². The van der Waals surface area contributed by atoms with Crippen LogP contribution < -0.4 is 4.87 Å². The van der Waals surface area contributed by atoms with E-state index in [2.05, 4.69) is 4.98 Å². The summed E-state index contributed by atoms with van der Waals surface area (Å²) in [7, 11) is 0. The lowest BCUT2D eigenvalue weighted by Gasteiger charge is -2.32. The Labute approximate surface area is 155 Å². The molecule has 1 aliphatic rings. The molecule has 1 amide bonds. The summed E-state index contributed by atoms with van der Waals surface area (Å²) in [6, 6.07) is 8.01. The number of nitrogens with zero attached hydrogens (tertiary/aromatic N) is 3. The summed E-state index contributed by atoms with van der Waals surface area (Å²) in [5, 5.41) is 1.84. The molecule has 26 heavy (non-hydrogen) atoms. The summed E-state index contributed by atoms with van der Waals surface area (Å²) in [6.45, 7) is 3.84. The van der Waals surface area contributed by atoms with E-state index in [1.807, 2.05) is 41.5 Å². The molecule has 1 aliphatic heterocycles. The predicted molar refractivity (Wildman–Crippen MR) is 103 cm³/mol. The fraction of sp³-hybridized carbons (Fsp3) is 0.421. The van der Waals surface area contributed by atoms with Crippen molar-refractivity contribution in [3.8, 4) is 0 Å². The zero-order valence-electron chi connectivity index (χ0n) is 14.8. The van der Waals surface area contributed by atoms with Crippen molar-refractivity contribution < 1.29 is 4.79 Å². The highest BCUT2D eigenvalue weighted by Crippen LogP contribution is 2.27. The first kappa shape index (κ1) is 17.0. The van der Waals surface area contributed by atoms with Gasteiger partial charge >= 0.3 is 4.87 Å². The molecule has 1 atom stereocenters. The lowest BCUT2D eigenvalue weighted by molar-refractivity contribution is -0.132. The fourth-order valence-electron chi connectivity index (χ4n) is 3.63. The van der Waals surface area contributed by atoms with Crippen molar-refractivity contribution in [3.05, 3.63) is 50.8 Å². The van der Waals surface area contributed by atoms with E-state index in [1.54, 1.807) is 4.57 Å². The Morgan fingerprint density at radius 2 is 2.23 bits per heavy atom. The van der Waals surface area contributed by atoms with Crippen LogP contribution in [0.4, 0.5) is 0 Å². The number of carbonyl (C=O) groups is 1. The molecule has 1 aromatic carbocycles. The first-order valence-corrected chi connectivity index (χ1v) is 9.87. The maximum Gasteiger partial charge on any atom is 0.307 e. The number of aryl methyl sites for hydroxylation is 1. The Hall–Kier alpha value is -2.41. The van der Waals surface area contributed by atoms with Crippen molar-refractivity contribution in [2.24, 2.45) is 0 Å². The standard InChI is InChI=1S/C19H22N4O2S/c1-13-12-26-19(25)23(13)10-8-17(24)22-9-4-5-14(11-22)18-20-15-6-2-3-7-16(15)21-18/h2-3,6-7,12,14H,4-5,8-11H2,1H3,(H,20,21)/t14-/m0/s1. The number of amides is 1. The number of aromatic amines is 1. The molecule has 1 fully saturated rings. The van der Waals surface area contributed by atoms with Crippen LogP contribution in [0.2, 0.25) is 0 Å². The maximum absolute atomic E-state index is 12.6. The highest BCUT2D eigenvalue weighted by Gasteiger charge is 2.26. The van der Waals surface area contributed by atoms with E-state index >= 15 is 0 Å². The van der Waals surface area contributed by atoms with Crippen molar-refractivity contribution >= 4 is 28.3 Å². The quantitative estimate of drug-likeness (QED) is 0.768. The summed E-state index contributed by atoms with van der Waals surface area (Å²) in [5.74, 6) is 1.32. The Morgan fingerprint density at radius 3 is 3.00 bits per heavy atom. The van der Waals surface area contributed by atoms with E-state index in [-0.39, 0.29) is 16.7 Å². The van der Waals surface area contributed by atoms with Gasteiger partial charge in [-0.3, -0.25) is 9.59 Å². The van der Waals surface area contributed by atoms with Gasteiger partial charge in [-0.25, -0.2) is 4.98 Å². The van der Waals surface area contributed by atoms with Gasteiger partial charge in [0.2, 0.25) is 5.91 Å². The van der Waals surface area contributed by atoms with Crippen LogP contribution in [0.5, 0.6) is 0 Å². The summed E-state index contributed by atoms with van der Waals surface area (Å²) < 4.78 is 1.68. The van der Waals surface area contributed by atoms with Gasteiger partial charge in [-0.1, -0.05) is 23.5 Å². The molecule has 7 heteroatoms. The van der Waals surface area contributed by atoms with Crippen LogP contribution in [0.3, 0.4) is 0 Å². The van der Waals surface area contributed by atoms with Gasteiger partial charge in [-0.05, 0) is 31.9 Å². The molecule has 0 saturated carbocycles. The van der Waals surface area contributed by atoms with Gasteiger partial charge in [0.05, 0.1) is 11.0 Å². The monoisotopic (exact) mass is 370 g/mol. The minimum absolute atomic E-state index is 0.00842. The second-order valence-corrected chi connectivity index (χ2v) is 7.68. The lowest BCUT2D eigenvalue weighted by atomic mass is 9.97. The number of thiazole rings is 1. The third-order valence-corrected chi connectivity index (χ3v) is 5.98. The number of aromatic nitrogens is 3. The zero-order valence-corrected chi connectivity index (χ0v) is 15.6. The average Bonchev–Trinajstić information content (AvgIpc) is 3.23. The van der Waals surface area contributed by atoms with Crippen molar-refractivity contribution in [2.45, 2.75) is 38.6 Å². The minimum atomic E-state index is 0.00842. The first-order chi connectivity index (χ1) is 12.6. The van der Waals surface area contributed by atoms with Crippen molar-refractivity contribution in [1.29, 1.82) is 0 Å². The van der Waals surface area contributed by atoms with Crippen LogP contribution in [0, 0.1) is 6.92 Å². The number of carbonyl (C=O) groups excluding carboxylic acids is 1. The van der Waals surface area contributed by atoms with Gasteiger partial charge in [-0.15, -0.1) is 0 Å². The van der Waals surface area contributed by atoms with Crippen molar-refractivity contribution in [3.63, 3.8) is 0 Å². The van der Waals surface area contributed by atoms with Crippen LogP contribution in [0.25, 0.3) is 11.0 Å². The summed E-state index contributed by atoms with van der Waals surface area (Å²) >= 11 is 1.19. The zero-order chi connectivity index (χ0) is 18.1. The lowest BCUT2D eigenvalue weighted by Crippen LogP contribution is -2.40. The smallest absolute Gasteiger partial charge is 0.307 e. The number of H-pyrrole nitrogens is 1. The van der Waals surface area contributed by atoms with E-state index in [0.717, 1.165) is 41.9 Å². The Morgan fingerprint density at radius 1 is 1.38 bits per heavy atom. The van der Waals surface area contributed by atoms with E-state index in [4.69, 9.17) is 4.98 Å². The van der Waals surface area contributed by atoms with Gasteiger partial charge in [0, 0.05) is 43.0 Å². The summed E-state index contributed by atoms with van der Waals surface area (Å²) in [5.41, 5.74) is 2.93. The Bertz CT molecular complexity index is 954. The first-order valence-electron chi connectivity index (χ1n) is 8.99. The topological polar surface area (TPSA) is 71.0 Å². The molecule has 0 radical (unpaired) electrons. The number of hydrogen-bond donors (Lipinski definition) is 1.